The van der Waals surface area contributed by atoms with Crippen LogP contribution in [0.25, 0.3) is 16.7 Å². The number of aromatic nitrogens is 2. The molecule has 5 nitrogen and oxygen atoms in total. The predicted octanol–water partition coefficient (Wildman–Crippen LogP) is 3.94. The lowest BCUT2D eigenvalue weighted by atomic mass is 10.2. The molecule has 3 rings (SSSR count). The lowest BCUT2D eigenvalue weighted by molar-refractivity contribution is -0.140. The first-order valence-corrected chi connectivity index (χ1v) is 8.78. The molecule has 1 atom stereocenters. The summed E-state index contributed by atoms with van der Waals surface area (Å²) in [5.41, 5.74) is 3.31. The minimum atomic E-state index is -0.320. The third kappa shape index (κ3) is 3.37. The molecule has 2 aromatic carbocycles. The maximum atomic E-state index is 12.0. The molecule has 0 aliphatic rings. The van der Waals surface area contributed by atoms with Crippen molar-refractivity contribution in [3.63, 3.8) is 0 Å². The molecule has 0 saturated carbocycles. The lowest BCUT2D eigenvalue weighted by Gasteiger charge is -2.13. The van der Waals surface area contributed by atoms with Crippen LogP contribution in [-0.2, 0) is 9.53 Å². The molecule has 0 radical (unpaired) electrons. The molecule has 0 N–H and O–H groups in total. The number of imidazole rings is 1. The van der Waals surface area contributed by atoms with Crippen LogP contribution in [0.3, 0.4) is 0 Å². The first kappa shape index (κ1) is 17.1. The average molecular weight is 351 g/mol. The first-order valence-electron chi connectivity index (χ1n) is 7.90. The topological polar surface area (TPSA) is 67.9 Å². The molecule has 0 spiro atoms. The largest absolute Gasteiger partial charge is 0.468 e. The highest BCUT2D eigenvalue weighted by molar-refractivity contribution is 8.00. The SMILES string of the molecule is CCC(Sc1nc2ccccc2n1-c1ccc(C#N)cc1)C(=O)OC. The minimum absolute atomic E-state index is 0.258. The van der Waals surface area contributed by atoms with Gasteiger partial charge in [-0.1, -0.05) is 30.8 Å². The maximum absolute atomic E-state index is 12.0. The normalized spacial score (nSPS) is 11.9. The Labute approximate surface area is 150 Å². The Kier molecular flexibility index (Phi) is 5.05. The van der Waals surface area contributed by atoms with Gasteiger partial charge in [-0.05, 0) is 42.8 Å². The number of ether oxygens (including phenoxy) is 1. The van der Waals surface area contributed by atoms with Gasteiger partial charge < -0.3 is 4.74 Å². The maximum Gasteiger partial charge on any atom is 0.319 e. The van der Waals surface area contributed by atoms with E-state index in [-0.39, 0.29) is 11.2 Å². The molecular formula is C19H17N3O2S. The zero-order valence-corrected chi connectivity index (χ0v) is 14.8. The third-order valence-electron chi connectivity index (χ3n) is 3.87. The van der Waals surface area contributed by atoms with Crippen LogP contribution in [0.4, 0.5) is 0 Å². The van der Waals surface area contributed by atoms with Gasteiger partial charge in [0.1, 0.15) is 5.25 Å². The summed E-state index contributed by atoms with van der Waals surface area (Å²) in [6.45, 7) is 1.95. The minimum Gasteiger partial charge on any atom is -0.468 e. The summed E-state index contributed by atoms with van der Waals surface area (Å²) in [5, 5.41) is 9.40. The molecule has 6 heteroatoms. The smallest absolute Gasteiger partial charge is 0.319 e. The molecule has 0 fully saturated rings. The van der Waals surface area contributed by atoms with E-state index in [4.69, 9.17) is 10.00 Å². The van der Waals surface area contributed by atoms with E-state index in [1.54, 1.807) is 12.1 Å². The van der Waals surface area contributed by atoms with E-state index in [0.717, 1.165) is 21.9 Å². The van der Waals surface area contributed by atoms with E-state index in [0.29, 0.717) is 12.0 Å². The Balaban J connectivity index is 2.11. The number of fused-ring (bicyclic) bond motifs is 1. The molecule has 3 aromatic rings. The molecular weight excluding hydrogens is 334 g/mol. The van der Waals surface area contributed by atoms with Crippen LogP contribution in [0.1, 0.15) is 18.9 Å². The monoisotopic (exact) mass is 351 g/mol. The quantitative estimate of drug-likeness (QED) is 0.514. The van der Waals surface area contributed by atoms with Crippen molar-refractivity contribution in [3.05, 3.63) is 54.1 Å². The number of esters is 1. The Morgan fingerprint density at radius 1 is 1.28 bits per heavy atom. The van der Waals surface area contributed by atoms with Crippen molar-refractivity contribution in [3.8, 4) is 11.8 Å². The number of benzene rings is 2. The van der Waals surface area contributed by atoms with Gasteiger partial charge >= 0.3 is 5.97 Å². The van der Waals surface area contributed by atoms with Gasteiger partial charge in [-0.15, -0.1) is 0 Å². The fraction of sp³-hybridized carbons (Fsp3) is 0.211. The van der Waals surface area contributed by atoms with Gasteiger partial charge in [0.25, 0.3) is 0 Å². The number of nitrogens with zero attached hydrogens (tertiary/aromatic N) is 3. The second-order valence-corrected chi connectivity index (χ2v) is 6.58. The number of nitriles is 1. The van der Waals surface area contributed by atoms with Crippen molar-refractivity contribution >= 4 is 28.8 Å². The van der Waals surface area contributed by atoms with Crippen LogP contribution >= 0.6 is 11.8 Å². The van der Waals surface area contributed by atoms with E-state index in [1.807, 2.05) is 47.9 Å². The van der Waals surface area contributed by atoms with E-state index in [2.05, 4.69) is 11.1 Å². The van der Waals surface area contributed by atoms with Crippen LogP contribution in [0, 0.1) is 11.3 Å². The fourth-order valence-corrected chi connectivity index (χ4v) is 3.65. The summed E-state index contributed by atoms with van der Waals surface area (Å²) >= 11 is 1.39. The number of thioether (sulfide) groups is 1. The van der Waals surface area contributed by atoms with Crippen molar-refractivity contribution in [1.82, 2.24) is 9.55 Å². The Bertz CT molecular complexity index is 941. The molecule has 0 aliphatic carbocycles. The molecule has 1 aromatic heterocycles. The molecule has 1 unspecified atom stereocenters. The van der Waals surface area contributed by atoms with E-state index in [1.165, 1.54) is 18.9 Å². The van der Waals surface area contributed by atoms with Crippen LogP contribution in [0.2, 0.25) is 0 Å². The van der Waals surface area contributed by atoms with Gasteiger partial charge in [0.15, 0.2) is 5.16 Å². The summed E-state index contributed by atoms with van der Waals surface area (Å²) < 4.78 is 6.90. The number of carbonyl (C=O) groups is 1. The standard InChI is InChI=1S/C19H17N3O2S/c1-3-17(18(23)24-2)25-19-21-15-6-4-5-7-16(15)22(19)14-10-8-13(12-20)9-11-14/h4-11,17H,3H2,1-2H3. The molecule has 126 valence electrons. The van der Waals surface area contributed by atoms with E-state index in [9.17, 15) is 4.79 Å². The van der Waals surface area contributed by atoms with Crippen LogP contribution in [0.15, 0.2) is 53.7 Å². The molecule has 25 heavy (non-hydrogen) atoms. The number of hydrogen-bond acceptors (Lipinski definition) is 5. The van der Waals surface area contributed by atoms with Gasteiger partial charge in [0.2, 0.25) is 0 Å². The third-order valence-corrected chi connectivity index (χ3v) is 5.16. The zero-order chi connectivity index (χ0) is 17.8. The van der Waals surface area contributed by atoms with Crippen molar-refractivity contribution in [2.75, 3.05) is 7.11 Å². The molecule has 0 amide bonds. The highest BCUT2D eigenvalue weighted by Gasteiger charge is 2.23. The average Bonchev–Trinajstić information content (AvgIpc) is 3.03. The van der Waals surface area contributed by atoms with Crippen molar-refractivity contribution in [1.29, 1.82) is 5.26 Å². The van der Waals surface area contributed by atoms with Gasteiger partial charge in [-0.25, -0.2) is 4.98 Å². The second kappa shape index (κ2) is 7.41. The van der Waals surface area contributed by atoms with Gasteiger partial charge in [0, 0.05) is 5.69 Å². The van der Waals surface area contributed by atoms with Gasteiger partial charge in [-0.2, -0.15) is 5.26 Å². The van der Waals surface area contributed by atoms with E-state index < -0.39 is 0 Å². The highest BCUT2D eigenvalue weighted by Crippen LogP contribution is 2.32. The highest BCUT2D eigenvalue weighted by atomic mass is 32.2. The summed E-state index contributed by atoms with van der Waals surface area (Å²) in [6.07, 6.45) is 0.647. The number of para-hydroxylation sites is 2. The molecule has 0 bridgehead atoms. The molecule has 0 saturated heterocycles. The number of rotatable bonds is 5. The van der Waals surface area contributed by atoms with Crippen LogP contribution in [-0.4, -0.2) is 27.9 Å². The second-order valence-electron chi connectivity index (χ2n) is 5.42. The van der Waals surface area contributed by atoms with E-state index >= 15 is 0 Å². The van der Waals surface area contributed by atoms with Crippen LogP contribution in [0.5, 0.6) is 0 Å². The van der Waals surface area contributed by atoms with Crippen molar-refractivity contribution < 1.29 is 9.53 Å². The summed E-state index contributed by atoms with van der Waals surface area (Å²) in [6, 6.07) is 17.3. The van der Waals surface area contributed by atoms with Crippen molar-refractivity contribution in [2.45, 2.75) is 23.8 Å². The van der Waals surface area contributed by atoms with Crippen LogP contribution < -0.4 is 0 Å². The van der Waals surface area contributed by atoms with Gasteiger partial charge in [-0.3, -0.25) is 9.36 Å². The number of methoxy groups -OCH3 is 1. The number of carbonyl (C=O) groups excluding carboxylic acids is 1. The van der Waals surface area contributed by atoms with Gasteiger partial charge in [0.05, 0.1) is 29.8 Å². The first-order chi connectivity index (χ1) is 12.2. The number of hydrogen-bond donors (Lipinski definition) is 0. The Morgan fingerprint density at radius 2 is 2.00 bits per heavy atom. The fourth-order valence-electron chi connectivity index (χ4n) is 2.57. The molecule has 1 heterocycles. The summed E-state index contributed by atoms with van der Waals surface area (Å²) in [5.74, 6) is -0.258. The Morgan fingerprint density at radius 3 is 2.64 bits per heavy atom. The predicted molar refractivity (Wildman–Crippen MR) is 97.7 cm³/mol. The Hall–Kier alpha value is -2.78. The summed E-state index contributed by atoms with van der Waals surface area (Å²) in [7, 11) is 1.40. The zero-order valence-electron chi connectivity index (χ0n) is 14.0. The lowest BCUT2D eigenvalue weighted by Crippen LogP contribution is -2.18. The van der Waals surface area contributed by atoms with Crippen molar-refractivity contribution in [2.24, 2.45) is 0 Å². The molecule has 0 aliphatic heterocycles. The summed E-state index contributed by atoms with van der Waals surface area (Å²) in [4.78, 5) is 16.7.